The summed E-state index contributed by atoms with van der Waals surface area (Å²) < 4.78 is 12.0. The smallest absolute Gasteiger partial charge is 0.341 e. The molecule has 0 radical (unpaired) electrons. The third-order valence-electron chi connectivity index (χ3n) is 8.16. The van der Waals surface area contributed by atoms with Crippen molar-refractivity contribution in [3.63, 3.8) is 0 Å². The monoisotopic (exact) mass is 783 g/mol. The van der Waals surface area contributed by atoms with Gasteiger partial charge in [-0.15, -0.1) is 23.1 Å². The van der Waals surface area contributed by atoms with E-state index in [-0.39, 0.29) is 11.6 Å². The van der Waals surface area contributed by atoms with Gasteiger partial charge in [-0.2, -0.15) is 0 Å². The molecule has 3 N–H and O–H groups in total. The number of amides is 3. The average molecular weight is 785 g/mol. The minimum absolute atomic E-state index is 0.00844. The van der Waals surface area contributed by atoms with Gasteiger partial charge in [0.15, 0.2) is 0 Å². The highest BCUT2D eigenvalue weighted by molar-refractivity contribution is 9.10. The van der Waals surface area contributed by atoms with E-state index in [4.69, 9.17) is 9.15 Å². The summed E-state index contributed by atoms with van der Waals surface area (Å²) in [6, 6.07) is 26.8. The van der Waals surface area contributed by atoms with Gasteiger partial charge >= 0.3 is 5.97 Å². The molecule has 51 heavy (non-hydrogen) atoms. The van der Waals surface area contributed by atoms with Gasteiger partial charge in [0.2, 0.25) is 5.91 Å². The summed E-state index contributed by atoms with van der Waals surface area (Å²) in [6.45, 7) is 1.80. The number of nitrogens with one attached hydrogen (secondary N) is 3. The maximum Gasteiger partial charge on any atom is 0.341 e. The number of carbonyl (C=O) groups excluding carboxylic acids is 4. The van der Waals surface area contributed by atoms with Crippen molar-refractivity contribution in [1.29, 1.82) is 0 Å². The first kappa shape index (κ1) is 35.9. The molecule has 1 aliphatic rings. The molecule has 3 amide bonds. The van der Waals surface area contributed by atoms with E-state index in [1.165, 1.54) is 36.3 Å². The Balaban J connectivity index is 1.13. The predicted octanol–water partition coefficient (Wildman–Crippen LogP) is 8.96. The Morgan fingerprint density at radius 1 is 0.902 bits per heavy atom. The van der Waals surface area contributed by atoms with E-state index >= 15 is 0 Å². The lowest BCUT2D eigenvalue weighted by atomic mass is 9.95. The number of halogens is 1. The topological polar surface area (TPSA) is 127 Å². The maximum absolute atomic E-state index is 13.6. The van der Waals surface area contributed by atoms with E-state index in [1.807, 2.05) is 24.3 Å². The summed E-state index contributed by atoms with van der Waals surface area (Å²) in [5.74, 6) is -0.670. The number of esters is 1. The van der Waals surface area contributed by atoms with Crippen LogP contribution >= 0.6 is 39.0 Å². The molecule has 0 bridgehead atoms. The zero-order valence-corrected chi connectivity index (χ0v) is 31.0. The van der Waals surface area contributed by atoms with Gasteiger partial charge in [0, 0.05) is 37.1 Å². The molecule has 6 rings (SSSR count). The maximum atomic E-state index is 13.6. The lowest BCUT2D eigenvalue weighted by Gasteiger charge is -2.14. The van der Waals surface area contributed by atoms with Crippen LogP contribution in [0.1, 0.15) is 56.7 Å². The number of furan rings is 1. The summed E-state index contributed by atoms with van der Waals surface area (Å²) in [4.78, 5) is 54.4. The number of hydrogen-bond acceptors (Lipinski definition) is 8. The summed E-state index contributed by atoms with van der Waals surface area (Å²) in [5.41, 5.74) is 3.19. The van der Waals surface area contributed by atoms with Gasteiger partial charge < -0.3 is 25.1 Å². The SMILES string of the molecule is COC(=O)c1c(NC(=O)[C@@H](C)Sc2ccc(NC(=O)/C(=C/c3ccc(-c4ccc(Br)cc4)o3)NC(=O)c3ccccc3)cc2)sc2c1CCCC2. The van der Waals surface area contributed by atoms with Crippen LogP contribution < -0.4 is 16.0 Å². The molecule has 2 heterocycles. The molecular weight excluding hydrogens is 750 g/mol. The van der Waals surface area contributed by atoms with E-state index in [1.54, 1.807) is 73.7 Å². The van der Waals surface area contributed by atoms with Gasteiger partial charge in [0.05, 0.1) is 17.9 Å². The number of methoxy groups -OCH3 is 1. The van der Waals surface area contributed by atoms with Crippen LogP contribution in [-0.4, -0.2) is 36.1 Å². The zero-order valence-electron chi connectivity index (χ0n) is 27.8. The molecule has 12 heteroatoms. The fourth-order valence-electron chi connectivity index (χ4n) is 5.54. The van der Waals surface area contributed by atoms with E-state index < -0.39 is 23.0 Å². The van der Waals surface area contributed by atoms with Gasteiger partial charge in [-0.3, -0.25) is 14.4 Å². The summed E-state index contributed by atoms with van der Waals surface area (Å²) in [6.07, 6.45) is 5.23. The van der Waals surface area contributed by atoms with Crippen molar-refractivity contribution in [3.05, 3.63) is 128 Å². The van der Waals surface area contributed by atoms with Gasteiger partial charge in [0.25, 0.3) is 11.8 Å². The number of anilines is 2. The number of benzene rings is 3. The average Bonchev–Trinajstić information content (AvgIpc) is 3.76. The Labute approximate surface area is 312 Å². The zero-order chi connectivity index (χ0) is 35.9. The second-order valence-electron chi connectivity index (χ2n) is 11.7. The number of aryl methyl sites for hydroxylation is 1. The molecule has 0 unspecified atom stereocenters. The van der Waals surface area contributed by atoms with Crippen LogP contribution in [0.3, 0.4) is 0 Å². The molecule has 0 spiro atoms. The van der Waals surface area contributed by atoms with Crippen LogP contribution in [0.4, 0.5) is 10.7 Å². The number of rotatable bonds is 11. The molecule has 260 valence electrons. The van der Waals surface area contributed by atoms with Crippen molar-refractivity contribution in [1.82, 2.24) is 5.32 Å². The van der Waals surface area contributed by atoms with Crippen molar-refractivity contribution >= 4 is 79.5 Å². The highest BCUT2D eigenvalue weighted by Crippen LogP contribution is 2.39. The Hall–Kier alpha value is -4.91. The Bertz CT molecular complexity index is 2090. The van der Waals surface area contributed by atoms with Crippen molar-refractivity contribution in [3.8, 4) is 11.3 Å². The first-order chi connectivity index (χ1) is 24.7. The second kappa shape index (κ2) is 16.4. The molecule has 2 aromatic heterocycles. The number of hydrogen-bond donors (Lipinski definition) is 3. The number of thioether (sulfide) groups is 1. The van der Waals surface area contributed by atoms with Gasteiger partial charge in [-0.05, 0) is 98.8 Å². The minimum Gasteiger partial charge on any atom is -0.465 e. The highest BCUT2D eigenvalue weighted by Gasteiger charge is 2.28. The second-order valence-corrected chi connectivity index (χ2v) is 15.2. The van der Waals surface area contributed by atoms with Crippen molar-refractivity contribution in [2.45, 2.75) is 42.8 Å². The number of fused-ring (bicyclic) bond motifs is 1. The van der Waals surface area contributed by atoms with E-state index in [2.05, 4.69) is 31.9 Å². The predicted molar refractivity (Wildman–Crippen MR) is 205 cm³/mol. The quantitative estimate of drug-likeness (QED) is 0.0694. The summed E-state index contributed by atoms with van der Waals surface area (Å²) in [5, 5.41) is 8.59. The van der Waals surface area contributed by atoms with E-state index in [0.29, 0.717) is 33.3 Å². The summed E-state index contributed by atoms with van der Waals surface area (Å²) >= 11 is 6.23. The van der Waals surface area contributed by atoms with Crippen LogP contribution in [0.15, 0.2) is 110 Å². The molecule has 1 aliphatic carbocycles. The molecule has 0 fully saturated rings. The first-order valence-corrected chi connectivity index (χ1v) is 18.7. The lowest BCUT2D eigenvalue weighted by Crippen LogP contribution is -2.30. The Morgan fingerprint density at radius 3 is 2.35 bits per heavy atom. The van der Waals surface area contributed by atoms with Gasteiger partial charge in [-0.1, -0.05) is 46.3 Å². The molecule has 0 aliphatic heterocycles. The molecule has 3 aromatic carbocycles. The van der Waals surface area contributed by atoms with Crippen LogP contribution in [0, 0.1) is 0 Å². The third kappa shape index (κ3) is 8.88. The van der Waals surface area contributed by atoms with E-state index in [0.717, 1.165) is 51.1 Å². The number of ether oxygens (including phenoxy) is 1. The fourth-order valence-corrected chi connectivity index (χ4v) is 7.95. The third-order valence-corrected chi connectivity index (χ3v) is 11.0. The lowest BCUT2D eigenvalue weighted by molar-refractivity contribution is -0.115. The molecular formula is C39H34BrN3O6S2. The summed E-state index contributed by atoms with van der Waals surface area (Å²) in [7, 11) is 1.35. The van der Waals surface area contributed by atoms with Crippen LogP contribution in [0.5, 0.6) is 0 Å². The van der Waals surface area contributed by atoms with Crippen molar-refractivity contribution in [2.24, 2.45) is 0 Å². The Morgan fingerprint density at radius 2 is 1.63 bits per heavy atom. The highest BCUT2D eigenvalue weighted by atomic mass is 79.9. The largest absolute Gasteiger partial charge is 0.465 e. The van der Waals surface area contributed by atoms with Crippen molar-refractivity contribution < 1.29 is 28.3 Å². The molecule has 9 nitrogen and oxygen atoms in total. The molecule has 0 saturated carbocycles. The number of thiophene rings is 1. The minimum atomic E-state index is -0.547. The molecule has 5 aromatic rings. The van der Waals surface area contributed by atoms with Crippen LogP contribution in [0.25, 0.3) is 17.4 Å². The Kier molecular flexibility index (Phi) is 11.5. The van der Waals surface area contributed by atoms with Gasteiger partial charge in [0.1, 0.15) is 22.2 Å². The normalized spacial score (nSPS) is 13.1. The number of carbonyl (C=O) groups is 4. The van der Waals surface area contributed by atoms with E-state index in [9.17, 15) is 19.2 Å². The first-order valence-electron chi connectivity index (χ1n) is 16.2. The van der Waals surface area contributed by atoms with Crippen LogP contribution in [0.2, 0.25) is 0 Å². The standard InChI is InChI=1S/C39H34BrN3O6S2/c1-23(35(44)43-38-34(39(47)48-2)30-10-6-7-11-33(30)51-38)50-29-19-16-27(17-20-29)41-37(46)31(42-36(45)25-8-4-3-5-9-25)22-28-18-21-32(49-28)24-12-14-26(40)15-13-24/h3-5,8-9,12-23H,6-7,10-11H2,1-2H3,(H,41,46)(H,42,45)(H,43,44)/b31-22-/t23-/m1/s1. The van der Waals surface area contributed by atoms with Crippen molar-refractivity contribution in [2.75, 3.05) is 17.7 Å². The molecule has 0 saturated heterocycles. The van der Waals surface area contributed by atoms with Gasteiger partial charge in [-0.25, -0.2) is 4.79 Å². The molecule has 1 atom stereocenters. The fraction of sp³-hybridized carbons (Fsp3) is 0.179. The van der Waals surface area contributed by atoms with Crippen LogP contribution in [-0.2, 0) is 27.2 Å².